The maximum Gasteiger partial charge on any atom is 0.323 e. The number of hydrogen-bond acceptors (Lipinski definition) is 8. The van der Waals surface area contributed by atoms with Gasteiger partial charge in [0.25, 0.3) is 5.91 Å². The van der Waals surface area contributed by atoms with Crippen LogP contribution in [-0.2, 0) is 24.4 Å². The summed E-state index contributed by atoms with van der Waals surface area (Å²) in [6.45, 7) is 5.44. The fourth-order valence-electron chi connectivity index (χ4n) is 4.92. The van der Waals surface area contributed by atoms with Crippen molar-refractivity contribution in [3.05, 3.63) is 65.4 Å². The van der Waals surface area contributed by atoms with Crippen LogP contribution in [0.3, 0.4) is 0 Å². The van der Waals surface area contributed by atoms with E-state index in [4.69, 9.17) is 4.84 Å². The molecule has 0 spiro atoms. The Bertz CT molecular complexity index is 1550. The van der Waals surface area contributed by atoms with E-state index in [1.165, 1.54) is 0 Å². The SMILES string of the molecule is Cc1cc(C)c(S(=O)(=O)N[C@@H](CNC(=O)C2=NOC(CCCCNc3cc4ccccc4cn3)C2)C(=O)O)c(C)c1. The molecule has 1 aliphatic heterocycles. The van der Waals surface area contributed by atoms with Crippen molar-refractivity contribution in [2.45, 2.75) is 63.5 Å². The molecular weight excluding hydrogens is 546 g/mol. The molecule has 0 saturated carbocycles. The minimum atomic E-state index is -4.15. The third-order valence-corrected chi connectivity index (χ3v) is 8.60. The van der Waals surface area contributed by atoms with Gasteiger partial charge in [0.15, 0.2) is 0 Å². The first-order valence-electron chi connectivity index (χ1n) is 13.5. The highest BCUT2D eigenvalue weighted by molar-refractivity contribution is 7.89. The van der Waals surface area contributed by atoms with Gasteiger partial charge >= 0.3 is 5.97 Å². The molecule has 11 nitrogen and oxygen atoms in total. The van der Waals surface area contributed by atoms with E-state index in [9.17, 15) is 23.1 Å². The Kier molecular flexibility index (Phi) is 9.56. The molecule has 1 unspecified atom stereocenters. The van der Waals surface area contributed by atoms with Crippen LogP contribution in [0.25, 0.3) is 10.8 Å². The average molecular weight is 582 g/mol. The third kappa shape index (κ3) is 7.80. The first-order chi connectivity index (χ1) is 19.5. The van der Waals surface area contributed by atoms with Crippen molar-refractivity contribution in [2.75, 3.05) is 18.4 Å². The van der Waals surface area contributed by atoms with E-state index in [-0.39, 0.29) is 23.1 Å². The number of nitrogens with zero attached hydrogens (tertiary/aromatic N) is 2. The summed E-state index contributed by atoms with van der Waals surface area (Å²) in [7, 11) is -4.15. The lowest BCUT2D eigenvalue weighted by atomic mass is 10.1. The summed E-state index contributed by atoms with van der Waals surface area (Å²) in [6.07, 6.45) is 4.28. The maximum atomic E-state index is 13.0. The Morgan fingerprint density at radius 3 is 2.49 bits per heavy atom. The monoisotopic (exact) mass is 581 g/mol. The van der Waals surface area contributed by atoms with Crippen LogP contribution in [0.4, 0.5) is 5.82 Å². The molecule has 3 aromatic rings. The highest BCUT2D eigenvalue weighted by atomic mass is 32.2. The summed E-state index contributed by atoms with van der Waals surface area (Å²) in [5.41, 5.74) is 2.06. The van der Waals surface area contributed by atoms with E-state index >= 15 is 0 Å². The van der Waals surface area contributed by atoms with Crippen molar-refractivity contribution in [2.24, 2.45) is 5.16 Å². The second-order valence-corrected chi connectivity index (χ2v) is 11.9. The molecule has 218 valence electrons. The van der Waals surface area contributed by atoms with Gasteiger partial charge in [-0.2, -0.15) is 4.72 Å². The smallest absolute Gasteiger partial charge is 0.323 e. The van der Waals surface area contributed by atoms with E-state index < -0.39 is 34.5 Å². The van der Waals surface area contributed by atoms with E-state index in [0.29, 0.717) is 17.5 Å². The number of hydrogen-bond donors (Lipinski definition) is 4. The standard InChI is InChI=1S/C29H35N5O6S/c1-18-12-19(2)27(20(3)13-18)41(38,39)34-25(29(36)37)17-32-28(35)24-15-23(40-33-24)10-6-7-11-30-26-14-21-8-4-5-9-22(21)16-31-26/h4-5,8-9,12-14,16,23,25,34H,6-7,10-11,15,17H2,1-3H3,(H,30,31)(H,32,35)(H,36,37)/t23?,25-/m0/s1. The highest BCUT2D eigenvalue weighted by Crippen LogP contribution is 2.22. The number of benzene rings is 2. The molecule has 1 aliphatic rings. The number of oxime groups is 1. The van der Waals surface area contributed by atoms with Gasteiger partial charge in [-0.05, 0) is 62.6 Å². The number of aliphatic carboxylic acids is 1. The molecule has 12 heteroatoms. The molecule has 0 radical (unpaired) electrons. The summed E-state index contributed by atoms with van der Waals surface area (Å²) >= 11 is 0. The van der Waals surface area contributed by atoms with E-state index in [2.05, 4.69) is 25.5 Å². The molecule has 1 aromatic heterocycles. The van der Waals surface area contributed by atoms with Gasteiger partial charge < -0.3 is 20.6 Å². The van der Waals surface area contributed by atoms with Crippen molar-refractivity contribution in [3.63, 3.8) is 0 Å². The number of carboxylic acid groups (broad SMARTS) is 1. The Labute approximate surface area is 239 Å². The van der Waals surface area contributed by atoms with Crippen LogP contribution in [0.1, 0.15) is 42.4 Å². The lowest BCUT2D eigenvalue weighted by molar-refractivity contribution is -0.138. The van der Waals surface area contributed by atoms with E-state index in [1.54, 1.807) is 26.0 Å². The summed E-state index contributed by atoms with van der Waals surface area (Å²) in [5.74, 6) is -1.19. The Morgan fingerprint density at radius 1 is 1.07 bits per heavy atom. The topological polar surface area (TPSA) is 159 Å². The van der Waals surface area contributed by atoms with Gasteiger partial charge in [0.1, 0.15) is 23.7 Å². The summed E-state index contributed by atoms with van der Waals surface area (Å²) in [4.78, 5) is 34.3. The van der Waals surface area contributed by atoms with Crippen LogP contribution < -0.4 is 15.4 Å². The Morgan fingerprint density at radius 2 is 1.78 bits per heavy atom. The second kappa shape index (κ2) is 13.1. The zero-order valence-electron chi connectivity index (χ0n) is 23.3. The van der Waals surface area contributed by atoms with Crippen molar-refractivity contribution in [1.29, 1.82) is 0 Å². The lowest BCUT2D eigenvalue weighted by Gasteiger charge is -2.18. The molecule has 0 saturated heterocycles. The van der Waals surface area contributed by atoms with Crippen molar-refractivity contribution in [1.82, 2.24) is 15.0 Å². The number of sulfonamides is 1. The normalized spacial score (nSPS) is 15.7. The van der Waals surface area contributed by atoms with Crippen LogP contribution >= 0.6 is 0 Å². The number of fused-ring (bicyclic) bond motifs is 1. The Balaban J connectivity index is 1.20. The van der Waals surface area contributed by atoms with Gasteiger partial charge in [-0.3, -0.25) is 9.59 Å². The summed E-state index contributed by atoms with van der Waals surface area (Å²) in [6, 6.07) is 11.9. The van der Waals surface area contributed by atoms with Crippen LogP contribution in [0.15, 0.2) is 58.7 Å². The fraction of sp³-hybridized carbons (Fsp3) is 0.379. The Hall–Kier alpha value is -4.03. The van der Waals surface area contributed by atoms with Crippen LogP contribution in [0.5, 0.6) is 0 Å². The molecule has 1 amide bonds. The maximum absolute atomic E-state index is 13.0. The van der Waals surface area contributed by atoms with Gasteiger partial charge in [-0.25, -0.2) is 13.4 Å². The average Bonchev–Trinajstić information content (AvgIpc) is 3.38. The van der Waals surface area contributed by atoms with E-state index in [1.807, 2.05) is 43.5 Å². The number of carbonyl (C=O) groups is 2. The number of aromatic nitrogens is 1. The minimum absolute atomic E-state index is 0.0285. The molecule has 0 bridgehead atoms. The third-order valence-electron chi connectivity index (χ3n) is 6.82. The van der Waals surface area contributed by atoms with Crippen molar-refractivity contribution >= 4 is 44.2 Å². The number of carbonyl (C=O) groups excluding carboxylic acids is 1. The molecule has 4 rings (SSSR count). The number of rotatable bonds is 13. The zero-order chi connectivity index (χ0) is 29.6. The largest absolute Gasteiger partial charge is 0.480 e. The van der Waals surface area contributed by atoms with Gasteiger partial charge in [0.2, 0.25) is 10.0 Å². The number of aryl methyl sites for hydroxylation is 3. The molecule has 0 fully saturated rings. The van der Waals surface area contributed by atoms with Crippen molar-refractivity contribution < 1.29 is 28.0 Å². The number of carboxylic acids is 1. The fourth-order valence-corrected chi connectivity index (χ4v) is 6.57. The number of unbranched alkanes of at least 4 members (excludes halogenated alkanes) is 1. The quantitative estimate of drug-likeness (QED) is 0.224. The second-order valence-electron chi connectivity index (χ2n) is 10.3. The first-order valence-corrected chi connectivity index (χ1v) is 14.9. The van der Waals surface area contributed by atoms with Crippen LogP contribution in [0, 0.1) is 20.8 Å². The summed E-state index contributed by atoms with van der Waals surface area (Å²) < 4.78 is 28.2. The number of amides is 1. The lowest BCUT2D eigenvalue weighted by Crippen LogP contribution is -2.49. The van der Waals surface area contributed by atoms with Crippen LogP contribution in [-0.4, -0.2) is 61.3 Å². The number of anilines is 1. The first kappa shape index (κ1) is 29.9. The van der Waals surface area contributed by atoms with Crippen LogP contribution in [0.2, 0.25) is 0 Å². The van der Waals surface area contributed by atoms with Crippen molar-refractivity contribution in [3.8, 4) is 0 Å². The van der Waals surface area contributed by atoms with E-state index in [0.717, 1.165) is 41.5 Å². The molecular formula is C29H35N5O6S. The molecule has 2 aromatic carbocycles. The molecule has 2 heterocycles. The van der Waals surface area contributed by atoms with Gasteiger partial charge in [0.05, 0.1) is 4.90 Å². The highest BCUT2D eigenvalue weighted by Gasteiger charge is 2.30. The predicted octanol–water partition coefficient (Wildman–Crippen LogP) is 3.44. The summed E-state index contributed by atoms with van der Waals surface area (Å²) in [5, 5.41) is 21.5. The zero-order valence-corrected chi connectivity index (χ0v) is 24.1. The van der Waals surface area contributed by atoms with Gasteiger partial charge in [-0.15, -0.1) is 0 Å². The number of pyridine rings is 1. The molecule has 2 atom stereocenters. The number of nitrogens with one attached hydrogen (secondary N) is 3. The molecule has 0 aliphatic carbocycles. The molecule has 4 N–H and O–H groups in total. The van der Waals surface area contributed by atoms with Gasteiger partial charge in [0, 0.05) is 31.1 Å². The predicted molar refractivity (Wildman–Crippen MR) is 156 cm³/mol. The molecule has 41 heavy (non-hydrogen) atoms. The van der Waals surface area contributed by atoms with Gasteiger partial charge in [-0.1, -0.05) is 47.1 Å². The minimum Gasteiger partial charge on any atom is -0.480 e.